The lowest BCUT2D eigenvalue weighted by molar-refractivity contribution is -0.135. The van der Waals surface area contributed by atoms with Crippen molar-refractivity contribution in [3.8, 4) is 0 Å². The Hall–Kier alpha value is -2.59. The lowest BCUT2D eigenvalue weighted by Gasteiger charge is -2.39. The first-order valence-corrected chi connectivity index (χ1v) is 10.1. The van der Waals surface area contributed by atoms with Crippen LogP contribution in [0.4, 0.5) is 0 Å². The van der Waals surface area contributed by atoms with E-state index in [1.54, 1.807) is 0 Å². The normalized spacial score (nSPS) is 16.5. The van der Waals surface area contributed by atoms with Gasteiger partial charge in [-0.05, 0) is 49.4 Å². The minimum atomic E-state index is -0.833. The number of benzene rings is 2. The van der Waals surface area contributed by atoms with Crippen molar-refractivity contribution in [1.29, 1.82) is 0 Å². The summed E-state index contributed by atoms with van der Waals surface area (Å²) in [5.74, 6) is 0.144. The van der Waals surface area contributed by atoms with E-state index in [1.165, 1.54) is 5.52 Å². The molecule has 3 aromatic rings. The molecule has 1 aliphatic rings. The first-order chi connectivity index (χ1) is 13.5. The number of rotatable bonds is 4. The smallest absolute Gasteiger partial charge is 0.227 e. The van der Waals surface area contributed by atoms with Crippen molar-refractivity contribution in [2.24, 2.45) is 0 Å². The zero-order valence-electron chi connectivity index (χ0n) is 16.7. The van der Waals surface area contributed by atoms with Crippen molar-refractivity contribution in [2.75, 3.05) is 13.1 Å². The third kappa shape index (κ3) is 3.33. The average Bonchev–Trinajstić information content (AvgIpc) is 3.06. The summed E-state index contributed by atoms with van der Waals surface area (Å²) in [7, 11) is 0. The van der Waals surface area contributed by atoms with Gasteiger partial charge in [0.2, 0.25) is 5.91 Å². The molecular weight excluding hydrogens is 348 g/mol. The number of nitrogens with zero attached hydrogens (tertiary/aromatic N) is 2. The molecule has 1 amide bonds. The Bertz CT molecular complexity index is 997. The molecule has 0 bridgehead atoms. The van der Waals surface area contributed by atoms with Gasteiger partial charge in [0.1, 0.15) is 0 Å². The molecule has 4 nitrogen and oxygen atoms in total. The van der Waals surface area contributed by atoms with Gasteiger partial charge in [0.25, 0.3) is 0 Å². The number of carbonyl (C=O) groups excluding carboxylic acids is 1. The molecule has 0 spiro atoms. The van der Waals surface area contributed by atoms with Gasteiger partial charge in [0.05, 0.1) is 12.0 Å². The molecule has 2 aromatic carbocycles. The first kappa shape index (κ1) is 18.8. The second kappa shape index (κ2) is 7.44. The molecule has 0 aliphatic carbocycles. The highest BCUT2D eigenvalue weighted by molar-refractivity contribution is 5.89. The van der Waals surface area contributed by atoms with Crippen molar-refractivity contribution in [2.45, 2.75) is 45.3 Å². The van der Waals surface area contributed by atoms with Crippen LogP contribution in [-0.4, -0.2) is 33.6 Å². The van der Waals surface area contributed by atoms with E-state index in [0.29, 0.717) is 32.4 Å². The molecule has 28 heavy (non-hydrogen) atoms. The summed E-state index contributed by atoms with van der Waals surface area (Å²) < 4.78 is 2.20. The van der Waals surface area contributed by atoms with Crippen molar-refractivity contribution >= 4 is 16.8 Å². The number of fused-ring (bicyclic) bond motifs is 1. The third-order valence-corrected chi connectivity index (χ3v) is 6.14. The molecule has 4 rings (SSSR count). The summed E-state index contributed by atoms with van der Waals surface area (Å²) in [6.45, 7) is 6.23. The van der Waals surface area contributed by atoms with Gasteiger partial charge < -0.3 is 14.6 Å². The minimum absolute atomic E-state index is 0.144. The van der Waals surface area contributed by atoms with Crippen LogP contribution in [0.5, 0.6) is 0 Å². The molecule has 1 N–H and O–H groups in total. The van der Waals surface area contributed by atoms with Gasteiger partial charge in [-0.25, -0.2) is 0 Å². The maximum atomic E-state index is 13.0. The van der Waals surface area contributed by atoms with Gasteiger partial charge in [-0.3, -0.25) is 4.79 Å². The number of para-hydroxylation sites is 1. The van der Waals surface area contributed by atoms with E-state index in [1.807, 2.05) is 48.2 Å². The highest BCUT2D eigenvalue weighted by Gasteiger charge is 2.36. The van der Waals surface area contributed by atoms with E-state index < -0.39 is 5.60 Å². The van der Waals surface area contributed by atoms with Gasteiger partial charge in [0.15, 0.2) is 0 Å². The predicted octanol–water partition coefficient (Wildman–Crippen LogP) is 4.02. The van der Waals surface area contributed by atoms with Crippen LogP contribution in [0.2, 0.25) is 0 Å². The van der Waals surface area contributed by atoms with Crippen LogP contribution in [0.25, 0.3) is 10.9 Å². The Morgan fingerprint density at radius 3 is 2.46 bits per heavy atom. The fraction of sp³-hybridized carbons (Fsp3) is 0.375. The maximum Gasteiger partial charge on any atom is 0.227 e. The summed E-state index contributed by atoms with van der Waals surface area (Å²) >= 11 is 0. The Labute approximate surface area is 166 Å². The highest BCUT2D eigenvalue weighted by atomic mass is 16.3. The molecule has 0 radical (unpaired) electrons. The third-order valence-electron chi connectivity index (χ3n) is 6.14. The van der Waals surface area contributed by atoms with Crippen LogP contribution in [0.1, 0.15) is 36.5 Å². The topological polar surface area (TPSA) is 45.5 Å². The van der Waals surface area contributed by atoms with Gasteiger partial charge in [-0.2, -0.15) is 0 Å². The predicted molar refractivity (Wildman–Crippen MR) is 112 cm³/mol. The van der Waals surface area contributed by atoms with Crippen molar-refractivity contribution in [1.82, 2.24) is 9.47 Å². The van der Waals surface area contributed by atoms with Gasteiger partial charge in [-0.15, -0.1) is 0 Å². The molecule has 1 aliphatic heterocycles. The van der Waals surface area contributed by atoms with Crippen LogP contribution in [0.15, 0.2) is 54.7 Å². The molecule has 0 unspecified atom stereocenters. The van der Waals surface area contributed by atoms with E-state index in [0.717, 1.165) is 28.6 Å². The number of hydrogen-bond acceptors (Lipinski definition) is 2. The molecule has 146 valence electrons. The number of aliphatic hydroxyl groups is 1. The minimum Gasteiger partial charge on any atom is -0.385 e. The van der Waals surface area contributed by atoms with E-state index in [2.05, 4.69) is 29.8 Å². The molecule has 1 aromatic heterocycles. The Balaban J connectivity index is 1.47. The van der Waals surface area contributed by atoms with Crippen molar-refractivity contribution < 1.29 is 9.90 Å². The quantitative estimate of drug-likeness (QED) is 0.747. The standard InChI is InChI=1S/C24H28N2O2/c1-3-25-17-19(20-9-5-7-11-22(20)25)16-23(27)26-14-12-24(28,13-15-26)21-10-6-4-8-18(21)2/h4-11,17,28H,3,12-16H2,1-2H3. The van der Waals surface area contributed by atoms with Crippen molar-refractivity contribution in [3.05, 3.63) is 71.4 Å². The van der Waals surface area contributed by atoms with Gasteiger partial charge in [0, 0.05) is 36.7 Å². The number of piperidine rings is 1. The van der Waals surface area contributed by atoms with Gasteiger partial charge in [-0.1, -0.05) is 42.5 Å². The lowest BCUT2D eigenvalue weighted by Crippen LogP contribution is -2.45. The summed E-state index contributed by atoms with van der Waals surface area (Å²) in [5, 5.41) is 12.3. The monoisotopic (exact) mass is 376 g/mol. The number of aryl methyl sites for hydroxylation is 2. The zero-order valence-corrected chi connectivity index (χ0v) is 16.7. The number of carbonyl (C=O) groups is 1. The van der Waals surface area contributed by atoms with Crippen LogP contribution in [0.3, 0.4) is 0 Å². The second-order valence-electron chi connectivity index (χ2n) is 7.86. The first-order valence-electron chi connectivity index (χ1n) is 10.1. The van der Waals surface area contributed by atoms with Crippen LogP contribution in [0, 0.1) is 6.92 Å². The number of likely N-dealkylation sites (tertiary alicyclic amines) is 1. The number of amides is 1. The Morgan fingerprint density at radius 2 is 1.75 bits per heavy atom. The molecule has 1 fully saturated rings. The highest BCUT2D eigenvalue weighted by Crippen LogP contribution is 2.35. The van der Waals surface area contributed by atoms with Crippen LogP contribution in [-0.2, 0) is 23.4 Å². The summed E-state index contributed by atoms with van der Waals surface area (Å²) in [6.07, 6.45) is 3.69. The molecular formula is C24H28N2O2. The average molecular weight is 377 g/mol. The summed E-state index contributed by atoms with van der Waals surface area (Å²) in [6, 6.07) is 16.3. The van der Waals surface area contributed by atoms with Crippen LogP contribution < -0.4 is 0 Å². The van der Waals surface area contributed by atoms with Crippen molar-refractivity contribution in [3.63, 3.8) is 0 Å². The number of aromatic nitrogens is 1. The van der Waals surface area contributed by atoms with E-state index in [4.69, 9.17) is 0 Å². The summed E-state index contributed by atoms with van der Waals surface area (Å²) in [4.78, 5) is 14.9. The Kier molecular flexibility index (Phi) is 4.98. The molecule has 4 heteroatoms. The van der Waals surface area contributed by atoms with E-state index in [9.17, 15) is 9.90 Å². The largest absolute Gasteiger partial charge is 0.385 e. The van der Waals surface area contributed by atoms with Gasteiger partial charge >= 0.3 is 0 Å². The molecule has 2 heterocycles. The lowest BCUT2D eigenvalue weighted by atomic mass is 9.82. The fourth-order valence-electron chi connectivity index (χ4n) is 4.49. The zero-order chi connectivity index (χ0) is 19.7. The molecule has 0 saturated carbocycles. The Morgan fingerprint density at radius 1 is 1.07 bits per heavy atom. The summed E-state index contributed by atoms with van der Waals surface area (Å²) in [5.41, 5.74) is 3.54. The second-order valence-corrected chi connectivity index (χ2v) is 7.86. The maximum absolute atomic E-state index is 13.0. The molecule has 0 atom stereocenters. The SMILES string of the molecule is CCn1cc(CC(=O)N2CCC(O)(c3ccccc3C)CC2)c2ccccc21. The fourth-order valence-corrected chi connectivity index (χ4v) is 4.49. The van der Waals surface area contributed by atoms with Crippen LogP contribution >= 0.6 is 0 Å². The van der Waals surface area contributed by atoms with E-state index >= 15 is 0 Å². The van der Waals surface area contributed by atoms with E-state index in [-0.39, 0.29) is 5.91 Å². The number of hydrogen-bond donors (Lipinski definition) is 1. The molecule has 1 saturated heterocycles.